The molecule has 0 spiro atoms. The molecule has 1 aliphatic rings. The van der Waals surface area contributed by atoms with Gasteiger partial charge in [0.1, 0.15) is 6.04 Å². The molecule has 0 aromatic carbocycles. The van der Waals surface area contributed by atoms with E-state index in [0.717, 1.165) is 24.8 Å². The minimum Gasteiger partial charge on any atom is -0.467 e. The topological polar surface area (TPSA) is 66.8 Å². The van der Waals surface area contributed by atoms with Crippen molar-refractivity contribution in [2.75, 3.05) is 13.7 Å². The zero-order valence-corrected chi connectivity index (χ0v) is 16.3. The third kappa shape index (κ3) is 6.46. The molecule has 5 heteroatoms. The molecule has 1 heterocycles. The molecule has 0 radical (unpaired) electrons. The van der Waals surface area contributed by atoms with Crippen LogP contribution in [-0.2, 0) is 14.3 Å². The van der Waals surface area contributed by atoms with Gasteiger partial charge in [-0.15, -0.1) is 0 Å². The number of carbonyl (C=O) groups is 2. The van der Waals surface area contributed by atoms with E-state index in [4.69, 9.17) is 4.74 Å². The van der Waals surface area contributed by atoms with E-state index in [1.807, 2.05) is 13.0 Å². The second-order valence-corrected chi connectivity index (χ2v) is 7.10. The largest absolute Gasteiger partial charge is 0.467 e. The maximum Gasteiger partial charge on any atom is 0.328 e. The number of amides is 1. The fourth-order valence-electron chi connectivity index (χ4n) is 3.40. The zero-order valence-electron chi connectivity index (χ0n) is 16.3. The third-order valence-corrected chi connectivity index (χ3v) is 5.11. The second kappa shape index (κ2) is 11.3. The SMILES string of the molecule is CCCCCCC/C=C(\C)[C@@H](O)[C@@H](C)C(=O)N1CCC[C@H]1C(=O)OC. The molecule has 0 saturated carbocycles. The van der Waals surface area contributed by atoms with Gasteiger partial charge in [0.15, 0.2) is 0 Å². The number of aliphatic hydroxyl groups excluding tert-OH is 1. The van der Waals surface area contributed by atoms with Gasteiger partial charge in [0.05, 0.1) is 19.1 Å². The fraction of sp³-hybridized carbons (Fsp3) is 0.800. The minimum atomic E-state index is -0.804. The predicted octanol–water partition coefficient (Wildman–Crippen LogP) is 3.45. The number of likely N-dealkylation sites (tertiary alicyclic amines) is 1. The summed E-state index contributed by atoms with van der Waals surface area (Å²) in [6, 6.07) is -0.505. The molecule has 1 saturated heterocycles. The first kappa shape index (κ1) is 21.7. The Kier molecular flexibility index (Phi) is 9.79. The van der Waals surface area contributed by atoms with Crippen LogP contribution in [0.4, 0.5) is 0 Å². The lowest BCUT2D eigenvalue weighted by Gasteiger charge is -2.28. The number of methoxy groups -OCH3 is 1. The van der Waals surface area contributed by atoms with E-state index in [1.54, 1.807) is 11.8 Å². The van der Waals surface area contributed by atoms with Crippen molar-refractivity contribution in [2.45, 2.75) is 84.3 Å². The Bertz CT molecular complexity index is 461. The van der Waals surface area contributed by atoms with E-state index in [-0.39, 0.29) is 11.9 Å². The van der Waals surface area contributed by atoms with Crippen LogP contribution in [0.1, 0.15) is 72.1 Å². The molecule has 1 rings (SSSR count). The van der Waals surface area contributed by atoms with Gasteiger partial charge < -0.3 is 14.7 Å². The summed E-state index contributed by atoms with van der Waals surface area (Å²) in [5.74, 6) is -1.09. The van der Waals surface area contributed by atoms with Crippen LogP contribution in [0.2, 0.25) is 0 Å². The number of hydrogen-bond donors (Lipinski definition) is 1. The Hall–Kier alpha value is -1.36. The molecule has 3 atom stereocenters. The number of aliphatic hydroxyl groups is 1. The van der Waals surface area contributed by atoms with Crippen molar-refractivity contribution in [1.82, 2.24) is 4.90 Å². The summed E-state index contributed by atoms with van der Waals surface area (Å²) in [6.07, 6.45) is 9.68. The van der Waals surface area contributed by atoms with Crippen LogP contribution in [0.15, 0.2) is 11.6 Å². The smallest absolute Gasteiger partial charge is 0.328 e. The van der Waals surface area contributed by atoms with Crippen LogP contribution in [0.5, 0.6) is 0 Å². The van der Waals surface area contributed by atoms with Crippen molar-refractivity contribution in [3.8, 4) is 0 Å². The summed E-state index contributed by atoms with van der Waals surface area (Å²) in [4.78, 5) is 26.1. The molecule has 0 aromatic rings. The Balaban J connectivity index is 2.54. The van der Waals surface area contributed by atoms with Crippen LogP contribution < -0.4 is 0 Å². The molecule has 144 valence electrons. The number of carbonyl (C=O) groups excluding carboxylic acids is 2. The Morgan fingerprint density at radius 1 is 1.28 bits per heavy atom. The van der Waals surface area contributed by atoms with Crippen LogP contribution in [0.25, 0.3) is 0 Å². The molecule has 0 aromatic heterocycles. The number of unbranched alkanes of at least 4 members (excludes halogenated alkanes) is 5. The van der Waals surface area contributed by atoms with Gasteiger partial charge in [0.2, 0.25) is 5.91 Å². The zero-order chi connectivity index (χ0) is 18.8. The lowest BCUT2D eigenvalue weighted by molar-refractivity contribution is -0.153. The summed E-state index contributed by atoms with van der Waals surface area (Å²) < 4.78 is 4.79. The molecular formula is C20H35NO4. The second-order valence-electron chi connectivity index (χ2n) is 7.10. The Morgan fingerprint density at radius 2 is 1.96 bits per heavy atom. The van der Waals surface area contributed by atoms with Gasteiger partial charge in [-0.2, -0.15) is 0 Å². The van der Waals surface area contributed by atoms with E-state index in [1.165, 1.54) is 32.8 Å². The first-order valence-electron chi connectivity index (χ1n) is 9.67. The van der Waals surface area contributed by atoms with Gasteiger partial charge in [-0.3, -0.25) is 4.79 Å². The normalized spacial score (nSPS) is 20.4. The van der Waals surface area contributed by atoms with E-state index in [0.29, 0.717) is 13.0 Å². The summed E-state index contributed by atoms with van der Waals surface area (Å²) in [5, 5.41) is 10.5. The lowest BCUT2D eigenvalue weighted by Crippen LogP contribution is -2.46. The predicted molar refractivity (Wildman–Crippen MR) is 99.1 cm³/mol. The summed E-state index contributed by atoms with van der Waals surface area (Å²) in [7, 11) is 1.34. The highest BCUT2D eigenvalue weighted by Crippen LogP contribution is 2.24. The molecule has 1 aliphatic heterocycles. The lowest BCUT2D eigenvalue weighted by atomic mass is 9.95. The third-order valence-electron chi connectivity index (χ3n) is 5.11. The molecular weight excluding hydrogens is 318 g/mol. The monoisotopic (exact) mass is 353 g/mol. The fourth-order valence-corrected chi connectivity index (χ4v) is 3.40. The van der Waals surface area contributed by atoms with E-state index in [2.05, 4.69) is 6.92 Å². The van der Waals surface area contributed by atoms with E-state index < -0.39 is 18.1 Å². The van der Waals surface area contributed by atoms with Crippen LogP contribution in [0, 0.1) is 5.92 Å². The number of rotatable bonds is 10. The molecule has 1 amide bonds. The molecule has 1 fully saturated rings. The van der Waals surface area contributed by atoms with Crippen LogP contribution in [-0.4, -0.2) is 47.7 Å². The van der Waals surface area contributed by atoms with Crippen molar-refractivity contribution in [3.63, 3.8) is 0 Å². The number of ether oxygens (including phenoxy) is 1. The maximum atomic E-state index is 12.7. The van der Waals surface area contributed by atoms with Gasteiger partial charge in [0, 0.05) is 6.54 Å². The Morgan fingerprint density at radius 3 is 2.60 bits per heavy atom. The number of esters is 1. The highest BCUT2D eigenvalue weighted by Gasteiger charge is 2.38. The van der Waals surface area contributed by atoms with Crippen LogP contribution >= 0.6 is 0 Å². The highest BCUT2D eigenvalue weighted by atomic mass is 16.5. The first-order valence-corrected chi connectivity index (χ1v) is 9.67. The molecule has 0 bridgehead atoms. The average Bonchev–Trinajstić information content (AvgIpc) is 3.11. The van der Waals surface area contributed by atoms with Crippen molar-refractivity contribution in [1.29, 1.82) is 0 Å². The first-order chi connectivity index (χ1) is 11.9. The summed E-state index contributed by atoms with van der Waals surface area (Å²) in [6.45, 7) is 6.36. The quantitative estimate of drug-likeness (QED) is 0.371. The number of allylic oxidation sites excluding steroid dienone is 1. The molecule has 5 nitrogen and oxygen atoms in total. The van der Waals surface area contributed by atoms with E-state index in [9.17, 15) is 14.7 Å². The highest BCUT2D eigenvalue weighted by molar-refractivity contribution is 5.86. The average molecular weight is 354 g/mol. The van der Waals surface area contributed by atoms with Gasteiger partial charge >= 0.3 is 5.97 Å². The minimum absolute atomic E-state index is 0.170. The number of nitrogens with zero attached hydrogens (tertiary/aromatic N) is 1. The summed E-state index contributed by atoms with van der Waals surface area (Å²) >= 11 is 0. The van der Waals surface area contributed by atoms with Crippen molar-refractivity contribution < 1.29 is 19.4 Å². The molecule has 25 heavy (non-hydrogen) atoms. The molecule has 0 aliphatic carbocycles. The maximum absolute atomic E-state index is 12.7. The van der Waals surface area contributed by atoms with Gasteiger partial charge in [-0.1, -0.05) is 45.6 Å². The van der Waals surface area contributed by atoms with Gasteiger partial charge in [0.25, 0.3) is 0 Å². The van der Waals surface area contributed by atoms with E-state index >= 15 is 0 Å². The summed E-state index contributed by atoms with van der Waals surface area (Å²) in [5.41, 5.74) is 0.838. The van der Waals surface area contributed by atoms with Crippen LogP contribution in [0.3, 0.4) is 0 Å². The van der Waals surface area contributed by atoms with Crippen molar-refractivity contribution >= 4 is 11.9 Å². The van der Waals surface area contributed by atoms with Crippen molar-refractivity contribution in [2.24, 2.45) is 5.92 Å². The number of hydrogen-bond acceptors (Lipinski definition) is 4. The standard InChI is InChI=1S/C20H35NO4/c1-5-6-7-8-9-10-12-15(2)18(22)16(3)19(23)21-14-11-13-17(21)20(24)25-4/h12,16-18,22H,5-11,13-14H2,1-4H3/b15-12+/t16-,17+,18-/m1/s1. The Labute approximate surface area is 152 Å². The van der Waals surface area contributed by atoms with Crippen molar-refractivity contribution in [3.05, 3.63) is 11.6 Å². The molecule has 0 unspecified atom stereocenters. The van der Waals surface area contributed by atoms with Gasteiger partial charge in [-0.25, -0.2) is 4.79 Å². The van der Waals surface area contributed by atoms with Gasteiger partial charge in [-0.05, 0) is 38.2 Å². The molecule has 1 N–H and O–H groups in total.